The molecule has 1 aromatic heterocycles. The van der Waals surface area contributed by atoms with Gasteiger partial charge in [-0.05, 0) is 18.6 Å². The molecule has 0 saturated carbocycles. The van der Waals surface area contributed by atoms with Crippen molar-refractivity contribution in [3.05, 3.63) is 24.2 Å². The van der Waals surface area contributed by atoms with Crippen LogP contribution in [0.15, 0.2) is 22.8 Å². The molecule has 8 nitrogen and oxygen atoms in total. The zero-order valence-corrected chi connectivity index (χ0v) is 14.0. The number of imide groups is 1. The average molecular weight is 342 g/mol. The van der Waals surface area contributed by atoms with Crippen LogP contribution in [0.5, 0.6) is 0 Å². The van der Waals surface area contributed by atoms with E-state index in [9.17, 15) is 24.9 Å². The van der Waals surface area contributed by atoms with Crippen LogP contribution < -0.4 is 5.32 Å². The average Bonchev–Trinajstić information content (AvgIpc) is 3.11. The lowest BCUT2D eigenvalue weighted by Crippen LogP contribution is -2.59. The highest BCUT2D eigenvalue weighted by molar-refractivity contribution is 6.05. The largest absolute Gasteiger partial charge is 0.467 e. The molecule has 3 amide bonds. The van der Waals surface area contributed by atoms with E-state index in [0.717, 1.165) is 0 Å². The van der Waals surface area contributed by atoms with Crippen LogP contribution in [0.2, 0.25) is 0 Å². The Labute approximate surface area is 145 Å². The molecule has 2 unspecified atom stereocenters. The fourth-order valence-corrected chi connectivity index (χ4v) is 2.92. The molecule has 25 heavy (non-hydrogen) atoms. The van der Waals surface area contributed by atoms with Crippen molar-refractivity contribution in [1.82, 2.24) is 10.2 Å². The highest BCUT2D eigenvalue weighted by atomic mass is 16.3. The lowest BCUT2D eigenvalue weighted by atomic mass is 9.63. The normalized spacial score (nSPS) is 26.0. The van der Waals surface area contributed by atoms with E-state index in [0.29, 0.717) is 17.1 Å². The van der Waals surface area contributed by atoms with E-state index in [2.05, 4.69) is 5.32 Å². The van der Waals surface area contributed by atoms with E-state index in [1.165, 1.54) is 6.26 Å². The molecular weight excluding hydrogens is 324 g/mol. The Morgan fingerprint density at radius 1 is 1.32 bits per heavy atom. The third-order valence-corrected chi connectivity index (χ3v) is 4.71. The van der Waals surface area contributed by atoms with Gasteiger partial charge in [-0.3, -0.25) is 19.3 Å². The smallest absolute Gasteiger partial charge is 0.247 e. The first-order valence-corrected chi connectivity index (χ1v) is 7.82. The summed E-state index contributed by atoms with van der Waals surface area (Å²) < 4.78 is 5.08. The van der Waals surface area contributed by atoms with Gasteiger partial charge >= 0.3 is 0 Å². The minimum Gasteiger partial charge on any atom is -0.467 e. The summed E-state index contributed by atoms with van der Waals surface area (Å²) in [7, 11) is 0. The molecule has 0 spiro atoms. The van der Waals surface area contributed by atoms with Crippen molar-refractivity contribution in [2.24, 2.45) is 17.3 Å². The fourth-order valence-electron chi connectivity index (χ4n) is 2.92. The predicted molar refractivity (Wildman–Crippen MR) is 83.9 cm³/mol. The maximum atomic E-state index is 12.5. The van der Waals surface area contributed by atoms with Gasteiger partial charge in [0, 0.05) is 5.41 Å². The second-order valence-electron chi connectivity index (χ2n) is 6.10. The molecule has 1 fully saturated rings. The molecule has 130 valence electrons. The van der Waals surface area contributed by atoms with E-state index in [-0.39, 0.29) is 6.54 Å². The van der Waals surface area contributed by atoms with Crippen LogP contribution in [0.25, 0.3) is 0 Å². The summed E-state index contributed by atoms with van der Waals surface area (Å²) in [6.45, 7) is 2.88. The van der Waals surface area contributed by atoms with Crippen molar-refractivity contribution < 1.29 is 18.8 Å². The molecule has 8 heteroatoms. The number of furan rings is 1. The van der Waals surface area contributed by atoms with E-state index < -0.39 is 41.5 Å². The first-order valence-electron chi connectivity index (χ1n) is 7.82. The highest BCUT2D eigenvalue weighted by Gasteiger charge is 2.55. The summed E-state index contributed by atoms with van der Waals surface area (Å²) in [6, 6.07) is 7.13. The molecule has 1 aliphatic heterocycles. The molecule has 1 saturated heterocycles. The van der Waals surface area contributed by atoms with Gasteiger partial charge in [-0.25, -0.2) is 0 Å². The quantitative estimate of drug-likeness (QED) is 0.794. The highest BCUT2D eigenvalue weighted by Crippen LogP contribution is 2.44. The fraction of sp³-hybridized carbons (Fsp3) is 0.471. The number of hydrogen-bond donors (Lipinski definition) is 1. The lowest BCUT2D eigenvalue weighted by Gasteiger charge is -2.43. The number of carbonyl (C=O) groups excluding carboxylic acids is 3. The second-order valence-corrected chi connectivity index (χ2v) is 6.10. The molecule has 0 bridgehead atoms. The van der Waals surface area contributed by atoms with Crippen molar-refractivity contribution in [1.29, 1.82) is 10.5 Å². The number of rotatable bonds is 5. The van der Waals surface area contributed by atoms with Gasteiger partial charge in [-0.15, -0.1) is 0 Å². The maximum absolute atomic E-state index is 12.5. The van der Waals surface area contributed by atoms with Gasteiger partial charge in [0.1, 0.15) is 24.1 Å². The number of carbonyl (C=O) groups is 3. The summed E-state index contributed by atoms with van der Waals surface area (Å²) in [5, 5.41) is 21.3. The Hall–Kier alpha value is -3.13. The van der Waals surface area contributed by atoms with Crippen molar-refractivity contribution >= 4 is 17.7 Å². The molecule has 0 radical (unpaired) electrons. The van der Waals surface area contributed by atoms with Crippen LogP contribution in [-0.4, -0.2) is 29.2 Å². The molecule has 2 atom stereocenters. The molecule has 1 N–H and O–H groups in total. The first kappa shape index (κ1) is 18.2. The minimum atomic E-state index is -1.15. The van der Waals surface area contributed by atoms with E-state index in [1.54, 1.807) is 26.0 Å². The van der Waals surface area contributed by atoms with E-state index in [4.69, 9.17) is 4.42 Å². The van der Waals surface area contributed by atoms with Crippen LogP contribution in [0, 0.1) is 39.9 Å². The van der Waals surface area contributed by atoms with Gasteiger partial charge in [0.15, 0.2) is 0 Å². The van der Waals surface area contributed by atoms with Crippen LogP contribution in [0.4, 0.5) is 0 Å². The Balaban J connectivity index is 2.16. The number of likely N-dealkylation sites (tertiary alicyclic amines) is 1. The molecule has 2 rings (SSSR count). The molecule has 2 heterocycles. The standard InChI is InChI=1S/C17H18N4O4/c1-3-17(2)12(7-18)15(23)21(16(24)13(17)8-19)10-14(22)20-9-11-5-4-6-25-11/h4-6,12-13H,3,9-10H2,1-2H3,(H,20,22). The first-order chi connectivity index (χ1) is 11.9. The van der Waals surface area contributed by atoms with E-state index >= 15 is 0 Å². The lowest BCUT2D eigenvalue weighted by molar-refractivity contribution is -0.162. The Bertz CT molecular complexity index is 723. The third-order valence-electron chi connectivity index (χ3n) is 4.71. The molecule has 0 aromatic carbocycles. The molecule has 1 aliphatic rings. The van der Waals surface area contributed by atoms with Gasteiger partial charge in [-0.1, -0.05) is 13.8 Å². The number of nitrogens with zero attached hydrogens (tertiary/aromatic N) is 3. The predicted octanol–water partition coefficient (Wildman–Crippen LogP) is 0.960. The second kappa shape index (κ2) is 7.18. The van der Waals surface area contributed by atoms with Crippen molar-refractivity contribution in [2.45, 2.75) is 26.8 Å². The summed E-state index contributed by atoms with van der Waals surface area (Å²) in [5.74, 6) is -3.84. The van der Waals surface area contributed by atoms with Crippen molar-refractivity contribution in [3.63, 3.8) is 0 Å². The van der Waals surface area contributed by atoms with Crippen LogP contribution in [0.3, 0.4) is 0 Å². The number of piperidine rings is 1. The van der Waals surface area contributed by atoms with Gasteiger partial charge in [0.2, 0.25) is 17.7 Å². The Morgan fingerprint density at radius 3 is 2.36 bits per heavy atom. The SMILES string of the molecule is CCC1(C)C(C#N)C(=O)N(CC(=O)NCc2ccco2)C(=O)C1C#N. The Kier molecular flexibility index (Phi) is 5.23. The monoisotopic (exact) mass is 342 g/mol. The maximum Gasteiger partial charge on any atom is 0.247 e. The zero-order valence-electron chi connectivity index (χ0n) is 14.0. The topological polar surface area (TPSA) is 127 Å². The minimum absolute atomic E-state index is 0.109. The summed E-state index contributed by atoms with van der Waals surface area (Å²) in [6.07, 6.45) is 1.78. The number of hydrogen-bond acceptors (Lipinski definition) is 6. The van der Waals surface area contributed by atoms with Crippen LogP contribution in [0.1, 0.15) is 26.0 Å². The Morgan fingerprint density at radius 2 is 1.92 bits per heavy atom. The van der Waals surface area contributed by atoms with Gasteiger partial charge in [0.25, 0.3) is 0 Å². The third kappa shape index (κ3) is 3.24. The van der Waals surface area contributed by atoms with Crippen molar-refractivity contribution in [2.75, 3.05) is 6.54 Å². The summed E-state index contributed by atoms with van der Waals surface area (Å²) >= 11 is 0. The van der Waals surface area contributed by atoms with Crippen LogP contribution in [-0.2, 0) is 20.9 Å². The molecular formula is C17H18N4O4. The summed E-state index contributed by atoms with van der Waals surface area (Å²) in [5.41, 5.74) is -1.07. The van der Waals surface area contributed by atoms with Crippen LogP contribution >= 0.6 is 0 Å². The number of nitriles is 2. The number of nitrogens with one attached hydrogen (secondary N) is 1. The van der Waals surface area contributed by atoms with E-state index in [1.807, 2.05) is 12.1 Å². The number of amides is 3. The van der Waals surface area contributed by atoms with Gasteiger partial charge in [-0.2, -0.15) is 10.5 Å². The molecule has 1 aromatic rings. The summed E-state index contributed by atoms with van der Waals surface area (Å²) in [4.78, 5) is 37.9. The van der Waals surface area contributed by atoms with Gasteiger partial charge in [0.05, 0.1) is 24.9 Å². The zero-order chi connectivity index (χ0) is 18.6. The van der Waals surface area contributed by atoms with Crippen molar-refractivity contribution in [3.8, 4) is 12.1 Å². The van der Waals surface area contributed by atoms with Gasteiger partial charge < -0.3 is 9.73 Å². The molecule has 0 aliphatic carbocycles.